The lowest BCUT2D eigenvalue weighted by Gasteiger charge is -2.29. The van der Waals surface area contributed by atoms with Crippen LogP contribution in [-0.2, 0) is 14.4 Å². The predicted octanol–water partition coefficient (Wildman–Crippen LogP) is 3.89. The van der Waals surface area contributed by atoms with Gasteiger partial charge in [0.15, 0.2) is 5.11 Å². The standard InChI is InChI=1S/C26H24N4O4S/c1-15-13-18(16(2)29(15)20-7-5-19(6-8-20)27-17(3)31)14-23-24(32)28-26(35)30(25(23)33)21-9-11-22(34-4)12-10-21/h5-14H,1-4H3,(H,27,31)(H,28,32,35)/b23-14+. The van der Waals surface area contributed by atoms with Gasteiger partial charge in [0.25, 0.3) is 11.8 Å². The number of hydrogen-bond acceptors (Lipinski definition) is 5. The van der Waals surface area contributed by atoms with E-state index in [0.29, 0.717) is 17.1 Å². The molecule has 1 saturated heterocycles. The van der Waals surface area contributed by atoms with E-state index in [9.17, 15) is 14.4 Å². The summed E-state index contributed by atoms with van der Waals surface area (Å²) in [6.45, 7) is 5.32. The third-order valence-corrected chi connectivity index (χ3v) is 5.93. The summed E-state index contributed by atoms with van der Waals surface area (Å²) in [5.41, 5.74) is 4.60. The molecule has 1 fully saturated rings. The van der Waals surface area contributed by atoms with E-state index in [1.807, 2.05) is 48.7 Å². The van der Waals surface area contributed by atoms with Crippen molar-refractivity contribution in [2.75, 3.05) is 17.3 Å². The first-order valence-corrected chi connectivity index (χ1v) is 11.2. The summed E-state index contributed by atoms with van der Waals surface area (Å²) in [6, 6.07) is 16.2. The number of carbonyl (C=O) groups excluding carboxylic acids is 3. The summed E-state index contributed by atoms with van der Waals surface area (Å²) in [6.07, 6.45) is 1.58. The molecular formula is C26H24N4O4S. The highest BCUT2D eigenvalue weighted by Gasteiger charge is 2.34. The number of nitrogens with one attached hydrogen (secondary N) is 2. The Kier molecular flexibility index (Phi) is 6.52. The van der Waals surface area contributed by atoms with Crippen LogP contribution in [0.2, 0.25) is 0 Å². The van der Waals surface area contributed by atoms with Crippen molar-refractivity contribution in [2.24, 2.45) is 0 Å². The number of ether oxygens (including phenoxy) is 1. The van der Waals surface area contributed by atoms with Gasteiger partial charge in [-0.25, -0.2) is 0 Å². The summed E-state index contributed by atoms with van der Waals surface area (Å²) in [5, 5.41) is 5.38. The molecule has 0 saturated carbocycles. The molecule has 0 unspecified atom stereocenters. The molecule has 3 amide bonds. The van der Waals surface area contributed by atoms with E-state index in [-0.39, 0.29) is 16.6 Å². The highest BCUT2D eigenvalue weighted by Crippen LogP contribution is 2.27. The number of hydrogen-bond donors (Lipinski definition) is 2. The van der Waals surface area contributed by atoms with Gasteiger partial charge in [-0.3, -0.25) is 24.6 Å². The van der Waals surface area contributed by atoms with Gasteiger partial charge in [-0.2, -0.15) is 0 Å². The van der Waals surface area contributed by atoms with Crippen LogP contribution in [0.5, 0.6) is 5.75 Å². The highest BCUT2D eigenvalue weighted by atomic mass is 32.1. The average molecular weight is 489 g/mol. The second-order valence-electron chi connectivity index (χ2n) is 8.05. The van der Waals surface area contributed by atoms with Crippen molar-refractivity contribution in [3.8, 4) is 11.4 Å². The van der Waals surface area contributed by atoms with Gasteiger partial charge in [0.1, 0.15) is 11.3 Å². The maximum atomic E-state index is 13.3. The van der Waals surface area contributed by atoms with Gasteiger partial charge in [0, 0.05) is 29.7 Å². The average Bonchev–Trinajstić information content (AvgIpc) is 3.10. The number of amides is 3. The molecule has 0 radical (unpaired) electrons. The van der Waals surface area contributed by atoms with Crippen LogP contribution in [-0.4, -0.2) is 34.5 Å². The van der Waals surface area contributed by atoms with Crippen molar-refractivity contribution < 1.29 is 19.1 Å². The third kappa shape index (κ3) is 4.71. The van der Waals surface area contributed by atoms with Crippen molar-refractivity contribution in [1.82, 2.24) is 9.88 Å². The maximum absolute atomic E-state index is 13.3. The molecule has 2 aromatic carbocycles. The SMILES string of the molecule is COc1ccc(N2C(=O)/C(=C/c3cc(C)n(-c4ccc(NC(C)=O)cc4)c3C)C(=O)NC2=S)cc1. The number of nitrogens with zero attached hydrogens (tertiary/aromatic N) is 2. The van der Waals surface area contributed by atoms with Crippen molar-refractivity contribution >= 4 is 52.5 Å². The monoisotopic (exact) mass is 488 g/mol. The summed E-state index contributed by atoms with van der Waals surface area (Å²) < 4.78 is 7.19. The number of anilines is 2. The Balaban J connectivity index is 1.69. The quantitative estimate of drug-likeness (QED) is 0.323. The molecule has 8 nitrogen and oxygen atoms in total. The normalized spacial score (nSPS) is 14.8. The Hall–Kier alpha value is -4.24. The number of aromatic nitrogens is 1. The zero-order chi connectivity index (χ0) is 25.3. The summed E-state index contributed by atoms with van der Waals surface area (Å²) >= 11 is 5.28. The second-order valence-corrected chi connectivity index (χ2v) is 8.43. The van der Waals surface area contributed by atoms with E-state index < -0.39 is 11.8 Å². The molecule has 3 aromatic rings. The molecule has 1 aliphatic rings. The van der Waals surface area contributed by atoms with E-state index in [1.54, 1.807) is 37.5 Å². The molecule has 1 aromatic heterocycles. The van der Waals surface area contributed by atoms with Crippen molar-refractivity contribution in [1.29, 1.82) is 0 Å². The Bertz CT molecular complexity index is 1370. The van der Waals surface area contributed by atoms with Gasteiger partial charge in [-0.1, -0.05) is 0 Å². The van der Waals surface area contributed by atoms with Crippen molar-refractivity contribution in [2.45, 2.75) is 20.8 Å². The van der Waals surface area contributed by atoms with Gasteiger partial charge < -0.3 is 14.6 Å². The van der Waals surface area contributed by atoms with Gasteiger partial charge in [-0.05, 0) is 92.3 Å². The zero-order valence-corrected chi connectivity index (χ0v) is 20.5. The van der Waals surface area contributed by atoms with E-state index in [0.717, 1.165) is 22.6 Å². The fourth-order valence-electron chi connectivity index (χ4n) is 4.01. The van der Waals surface area contributed by atoms with Crippen LogP contribution in [0.25, 0.3) is 11.8 Å². The molecule has 178 valence electrons. The smallest absolute Gasteiger partial charge is 0.270 e. The van der Waals surface area contributed by atoms with Crippen LogP contribution in [0.4, 0.5) is 11.4 Å². The molecule has 2 N–H and O–H groups in total. The van der Waals surface area contributed by atoms with Gasteiger partial charge in [0.2, 0.25) is 5.91 Å². The Labute approximate surface area is 208 Å². The van der Waals surface area contributed by atoms with Crippen LogP contribution in [0, 0.1) is 13.8 Å². The van der Waals surface area contributed by atoms with Crippen LogP contribution in [0.15, 0.2) is 60.2 Å². The van der Waals surface area contributed by atoms with Crippen LogP contribution in [0.1, 0.15) is 23.9 Å². The Morgan fingerprint density at radius 3 is 2.26 bits per heavy atom. The molecule has 2 heterocycles. The minimum atomic E-state index is -0.547. The number of aryl methyl sites for hydroxylation is 1. The molecule has 1 aliphatic heterocycles. The Morgan fingerprint density at radius 1 is 1.03 bits per heavy atom. The molecular weight excluding hydrogens is 464 g/mol. The first kappa shape index (κ1) is 23.9. The van der Waals surface area contributed by atoms with E-state index >= 15 is 0 Å². The summed E-state index contributed by atoms with van der Waals surface area (Å²) in [7, 11) is 1.56. The third-order valence-electron chi connectivity index (χ3n) is 5.65. The molecule has 0 atom stereocenters. The lowest BCUT2D eigenvalue weighted by molar-refractivity contribution is -0.122. The van der Waals surface area contributed by atoms with Crippen molar-refractivity contribution in [3.63, 3.8) is 0 Å². The number of methoxy groups -OCH3 is 1. The van der Waals surface area contributed by atoms with Crippen molar-refractivity contribution in [3.05, 3.63) is 77.1 Å². The lowest BCUT2D eigenvalue weighted by Crippen LogP contribution is -2.54. The minimum absolute atomic E-state index is 0.0179. The minimum Gasteiger partial charge on any atom is -0.497 e. The topological polar surface area (TPSA) is 92.7 Å². The van der Waals surface area contributed by atoms with Gasteiger partial charge >= 0.3 is 0 Å². The maximum Gasteiger partial charge on any atom is 0.270 e. The lowest BCUT2D eigenvalue weighted by atomic mass is 10.1. The molecule has 0 spiro atoms. The second kappa shape index (κ2) is 9.55. The molecule has 35 heavy (non-hydrogen) atoms. The Morgan fingerprint density at radius 2 is 1.66 bits per heavy atom. The molecule has 9 heteroatoms. The fraction of sp³-hybridized carbons (Fsp3) is 0.154. The first-order valence-electron chi connectivity index (χ1n) is 10.8. The number of benzene rings is 2. The molecule has 0 aliphatic carbocycles. The highest BCUT2D eigenvalue weighted by molar-refractivity contribution is 7.80. The first-order chi connectivity index (χ1) is 16.7. The number of thiocarbonyl (C=S) groups is 1. The largest absolute Gasteiger partial charge is 0.497 e. The van der Waals surface area contributed by atoms with E-state index in [1.165, 1.54) is 11.8 Å². The molecule has 4 rings (SSSR count). The fourth-order valence-corrected chi connectivity index (χ4v) is 4.29. The number of carbonyl (C=O) groups is 3. The van der Waals surface area contributed by atoms with Crippen LogP contribution >= 0.6 is 12.2 Å². The van der Waals surface area contributed by atoms with E-state index in [4.69, 9.17) is 17.0 Å². The summed E-state index contributed by atoms with van der Waals surface area (Å²) in [5.74, 6) is -0.553. The predicted molar refractivity (Wildman–Crippen MR) is 139 cm³/mol. The van der Waals surface area contributed by atoms with Gasteiger partial charge in [0.05, 0.1) is 12.8 Å². The summed E-state index contributed by atoms with van der Waals surface area (Å²) in [4.78, 5) is 38.6. The number of rotatable bonds is 5. The zero-order valence-electron chi connectivity index (χ0n) is 19.7. The van der Waals surface area contributed by atoms with Crippen LogP contribution in [0.3, 0.4) is 0 Å². The van der Waals surface area contributed by atoms with E-state index in [2.05, 4.69) is 10.6 Å². The van der Waals surface area contributed by atoms with Crippen LogP contribution < -0.4 is 20.3 Å². The van der Waals surface area contributed by atoms with Gasteiger partial charge in [-0.15, -0.1) is 0 Å². The molecule has 0 bridgehead atoms.